The van der Waals surface area contributed by atoms with Gasteiger partial charge in [-0.05, 0) is 25.3 Å². The van der Waals surface area contributed by atoms with E-state index in [4.69, 9.17) is 16.5 Å². The molecule has 20 heavy (non-hydrogen) atoms. The van der Waals surface area contributed by atoms with Crippen molar-refractivity contribution in [1.82, 2.24) is 5.32 Å². The summed E-state index contributed by atoms with van der Waals surface area (Å²) in [7, 11) is 0. The maximum Gasteiger partial charge on any atom is 0.160 e. The van der Waals surface area contributed by atoms with Crippen molar-refractivity contribution in [3.8, 4) is 0 Å². The van der Waals surface area contributed by atoms with Crippen molar-refractivity contribution in [1.29, 1.82) is 0 Å². The lowest BCUT2D eigenvalue weighted by atomic mass is 9.84. The Balaban J connectivity index is 2.07. The Kier molecular flexibility index (Phi) is 3.16. The average Bonchev–Trinajstić information content (AvgIpc) is 2.97. The first-order chi connectivity index (χ1) is 9.62. The number of nitrogens with zero attached hydrogens (tertiary/aromatic N) is 1. The Morgan fingerprint density at radius 1 is 1.15 bits per heavy atom. The second kappa shape index (κ2) is 4.85. The van der Waals surface area contributed by atoms with E-state index < -0.39 is 5.66 Å². The number of nitrogens with one attached hydrogen (secondary N) is 1. The minimum Gasteiger partial charge on any atom is -0.395 e. The summed E-state index contributed by atoms with van der Waals surface area (Å²) < 4.78 is 0. The Labute approximate surface area is 120 Å². The zero-order valence-electron chi connectivity index (χ0n) is 11.9. The number of hydrogen-bond acceptors (Lipinski definition) is 4. The molecule has 1 aromatic rings. The van der Waals surface area contributed by atoms with Gasteiger partial charge in [-0.3, -0.25) is 0 Å². The molecule has 3 rings (SSSR count). The van der Waals surface area contributed by atoms with Crippen LogP contribution in [-0.4, -0.2) is 5.84 Å². The molecule has 106 valence electrons. The van der Waals surface area contributed by atoms with Gasteiger partial charge in [0, 0.05) is 12.1 Å². The zero-order chi connectivity index (χ0) is 14.2. The van der Waals surface area contributed by atoms with Crippen LogP contribution in [0.5, 0.6) is 0 Å². The molecular weight excluding hydrogens is 248 g/mol. The summed E-state index contributed by atoms with van der Waals surface area (Å²) in [5.74, 6) is 0.907. The number of nitrogens with two attached hydrogens (primary N) is 2. The van der Waals surface area contributed by atoms with E-state index in [9.17, 15) is 0 Å². The molecule has 0 amide bonds. The van der Waals surface area contributed by atoms with Gasteiger partial charge in [0.1, 0.15) is 5.84 Å². The molecule has 0 bridgehead atoms. The summed E-state index contributed by atoms with van der Waals surface area (Å²) in [5.41, 5.74) is 14.3. The van der Waals surface area contributed by atoms with E-state index in [1.54, 1.807) is 6.20 Å². The highest BCUT2D eigenvalue weighted by atomic mass is 15.2. The molecule has 1 aliphatic heterocycles. The Morgan fingerprint density at radius 3 is 2.40 bits per heavy atom. The van der Waals surface area contributed by atoms with Crippen LogP contribution in [0, 0.1) is 12.8 Å². The highest BCUT2D eigenvalue weighted by molar-refractivity contribution is 5.97. The molecule has 1 unspecified atom stereocenters. The minimum absolute atomic E-state index is 0.441. The van der Waals surface area contributed by atoms with Crippen molar-refractivity contribution in [2.24, 2.45) is 22.4 Å². The van der Waals surface area contributed by atoms with Crippen LogP contribution >= 0.6 is 0 Å². The normalized spacial score (nSPS) is 26.9. The van der Waals surface area contributed by atoms with Crippen molar-refractivity contribution in [2.45, 2.75) is 38.3 Å². The SMILES string of the molecule is Cc1ccc(C2(C3CCCC3)N=C(N)C(N)=CN2)cc1. The molecule has 0 spiro atoms. The van der Waals surface area contributed by atoms with Gasteiger partial charge in [0.25, 0.3) is 0 Å². The molecule has 1 aromatic carbocycles. The van der Waals surface area contributed by atoms with Gasteiger partial charge in [-0.25, -0.2) is 4.99 Å². The van der Waals surface area contributed by atoms with E-state index in [1.165, 1.54) is 36.8 Å². The van der Waals surface area contributed by atoms with Gasteiger partial charge in [0.2, 0.25) is 0 Å². The van der Waals surface area contributed by atoms with Gasteiger partial charge in [-0.1, -0.05) is 42.7 Å². The Bertz CT molecular complexity index is 552. The van der Waals surface area contributed by atoms with Gasteiger partial charge in [0.05, 0.1) is 5.70 Å². The fraction of sp³-hybridized carbons (Fsp3) is 0.438. The largest absolute Gasteiger partial charge is 0.395 e. The van der Waals surface area contributed by atoms with Crippen LogP contribution in [0.2, 0.25) is 0 Å². The third kappa shape index (κ3) is 2.05. The van der Waals surface area contributed by atoms with Gasteiger partial charge >= 0.3 is 0 Å². The molecule has 1 fully saturated rings. The first kappa shape index (κ1) is 13.0. The zero-order valence-corrected chi connectivity index (χ0v) is 11.9. The molecule has 1 aliphatic carbocycles. The molecule has 0 radical (unpaired) electrons. The van der Waals surface area contributed by atoms with Crippen molar-refractivity contribution < 1.29 is 0 Å². The van der Waals surface area contributed by atoms with E-state index in [-0.39, 0.29) is 0 Å². The summed E-state index contributed by atoms with van der Waals surface area (Å²) >= 11 is 0. The number of rotatable bonds is 2. The average molecular weight is 270 g/mol. The number of aryl methyl sites for hydroxylation is 1. The predicted octanol–water partition coefficient (Wildman–Crippen LogP) is 2.10. The standard InChI is InChI=1S/C16H22N4/c1-11-6-8-13(9-7-11)16(12-4-2-3-5-12)19-10-14(17)15(18)20-16/h6-10,12,19H,2-5,17H2,1H3,(H2,18,20). The fourth-order valence-corrected chi connectivity index (χ4v) is 3.29. The van der Waals surface area contributed by atoms with E-state index >= 15 is 0 Å². The summed E-state index contributed by atoms with van der Waals surface area (Å²) in [6.45, 7) is 2.09. The van der Waals surface area contributed by atoms with E-state index in [2.05, 4.69) is 36.5 Å². The highest BCUT2D eigenvalue weighted by Gasteiger charge is 2.42. The molecule has 5 N–H and O–H groups in total. The van der Waals surface area contributed by atoms with Gasteiger partial charge in [0.15, 0.2) is 5.66 Å². The monoisotopic (exact) mass is 270 g/mol. The Morgan fingerprint density at radius 2 is 1.80 bits per heavy atom. The van der Waals surface area contributed by atoms with Crippen LogP contribution < -0.4 is 16.8 Å². The fourth-order valence-electron chi connectivity index (χ4n) is 3.29. The molecule has 4 heteroatoms. The van der Waals surface area contributed by atoms with Gasteiger partial charge in [-0.15, -0.1) is 0 Å². The third-order valence-electron chi connectivity index (χ3n) is 4.48. The molecule has 0 aromatic heterocycles. The topological polar surface area (TPSA) is 76.4 Å². The lowest BCUT2D eigenvalue weighted by Crippen LogP contribution is -2.49. The maximum atomic E-state index is 6.01. The lowest BCUT2D eigenvalue weighted by Gasteiger charge is -2.39. The highest BCUT2D eigenvalue weighted by Crippen LogP contribution is 2.42. The number of hydrogen-bond donors (Lipinski definition) is 3. The van der Waals surface area contributed by atoms with Crippen molar-refractivity contribution in [3.63, 3.8) is 0 Å². The van der Waals surface area contributed by atoms with Crippen LogP contribution in [0.1, 0.15) is 36.8 Å². The Hall–Kier alpha value is -1.97. The summed E-state index contributed by atoms with van der Waals surface area (Å²) in [4.78, 5) is 4.77. The van der Waals surface area contributed by atoms with Crippen LogP contribution in [0.25, 0.3) is 0 Å². The summed E-state index contributed by atoms with van der Waals surface area (Å²) in [5, 5.41) is 3.44. The minimum atomic E-state index is -0.447. The number of benzene rings is 1. The van der Waals surface area contributed by atoms with Crippen LogP contribution in [0.4, 0.5) is 0 Å². The molecule has 1 atom stereocenters. The molecule has 1 saturated carbocycles. The number of aliphatic imine (C=N–C) groups is 1. The quantitative estimate of drug-likeness (QED) is 0.770. The van der Waals surface area contributed by atoms with Gasteiger partial charge in [-0.2, -0.15) is 0 Å². The first-order valence-electron chi connectivity index (χ1n) is 7.28. The molecular formula is C16H22N4. The van der Waals surface area contributed by atoms with Crippen LogP contribution in [0.3, 0.4) is 0 Å². The number of amidine groups is 1. The second-order valence-corrected chi connectivity index (χ2v) is 5.85. The molecule has 0 saturated heterocycles. The summed E-state index contributed by atoms with van der Waals surface area (Å²) in [6.07, 6.45) is 6.67. The van der Waals surface area contributed by atoms with Crippen molar-refractivity contribution in [3.05, 3.63) is 47.3 Å². The first-order valence-corrected chi connectivity index (χ1v) is 7.28. The van der Waals surface area contributed by atoms with Gasteiger partial charge < -0.3 is 16.8 Å². The third-order valence-corrected chi connectivity index (χ3v) is 4.48. The van der Waals surface area contributed by atoms with Crippen molar-refractivity contribution >= 4 is 5.84 Å². The van der Waals surface area contributed by atoms with Crippen LogP contribution in [-0.2, 0) is 5.66 Å². The van der Waals surface area contributed by atoms with E-state index in [0.717, 1.165) is 0 Å². The predicted molar refractivity (Wildman–Crippen MR) is 81.8 cm³/mol. The molecule has 1 heterocycles. The van der Waals surface area contributed by atoms with Crippen LogP contribution in [0.15, 0.2) is 41.2 Å². The maximum absolute atomic E-state index is 6.01. The second-order valence-electron chi connectivity index (χ2n) is 5.85. The van der Waals surface area contributed by atoms with Crippen molar-refractivity contribution in [2.75, 3.05) is 0 Å². The summed E-state index contributed by atoms with van der Waals surface area (Å²) in [6, 6.07) is 8.54. The van der Waals surface area contributed by atoms with E-state index in [1.807, 2.05) is 0 Å². The molecule has 4 nitrogen and oxygen atoms in total. The smallest absolute Gasteiger partial charge is 0.160 e. The van der Waals surface area contributed by atoms with E-state index in [0.29, 0.717) is 17.5 Å². The lowest BCUT2D eigenvalue weighted by molar-refractivity contribution is 0.244. The molecule has 2 aliphatic rings.